The first kappa shape index (κ1) is 12.3. The molecule has 1 fully saturated rings. The van der Waals surface area contributed by atoms with Crippen molar-refractivity contribution < 1.29 is 12.8 Å². The van der Waals surface area contributed by atoms with Crippen LogP contribution in [0.25, 0.3) is 11.0 Å². The molecule has 0 spiro atoms. The second-order valence-electron chi connectivity index (χ2n) is 4.58. The van der Waals surface area contributed by atoms with Gasteiger partial charge in [0.2, 0.25) is 10.0 Å². The van der Waals surface area contributed by atoms with E-state index in [1.165, 1.54) is 30.3 Å². The maximum Gasteiger partial charge on any atom is 0.336 e. The molecule has 2 atom stereocenters. The smallest absolute Gasteiger partial charge is 0.336 e. The molecule has 0 bridgehead atoms. The fraction of sp³-hybridized carbons (Fsp3) is 0.250. The number of fused-ring (bicyclic) bond motifs is 1. The summed E-state index contributed by atoms with van der Waals surface area (Å²) in [6, 6.07) is 6.84. The predicted molar refractivity (Wildman–Crippen MR) is 69.2 cm³/mol. The molecule has 2 unspecified atom stereocenters. The van der Waals surface area contributed by atoms with Crippen LogP contribution in [0.15, 0.2) is 44.4 Å². The molecule has 100 valence electrons. The van der Waals surface area contributed by atoms with Crippen LogP contribution in [0.2, 0.25) is 0 Å². The highest BCUT2D eigenvalue weighted by atomic mass is 32.2. The fourth-order valence-electron chi connectivity index (χ4n) is 1.83. The van der Waals surface area contributed by atoms with Gasteiger partial charge in [-0.05, 0) is 30.7 Å². The number of sulfonamides is 1. The van der Waals surface area contributed by atoms with Crippen LogP contribution in [0.4, 0.5) is 0 Å². The van der Waals surface area contributed by atoms with Crippen molar-refractivity contribution in [1.82, 2.24) is 4.72 Å². The minimum Gasteiger partial charge on any atom is -0.423 e. The van der Waals surface area contributed by atoms with Gasteiger partial charge in [-0.3, -0.25) is 0 Å². The molecule has 7 heteroatoms. The van der Waals surface area contributed by atoms with Crippen molar-refractivity contribution in [2.45, 2.75) is 23.4 Å². The van der Waals surface area contributed by atoms with Crippen LogP contribution in [-0.4, -0.2) is 20.5 Å². The molecule has 1 aliphatic rings. The molecule has 1 saturated carbocycles. The Morgan fingerprint density at radius 3 is 2.68 bits per heavy atom. The van der Waals surface area contributed by atoms with Gasteiger partial charge < -0.3 is 10.2 Å². The Bertz CT molecular complexity index is 797. The minimum atomic E-state index is -3.58. The molecular weight excluding hydrogens is 268 g/mol. The largest absolute Gasteiger partial charge is 0.423 e. The van der Waals surface area contributed by atoms with E-state index >= 15 is 0 Å². The lowest BCUT2D eigenvalue weighted by molar-refractivity contribution is 0.560. The van der Waals surface area contributed by atoms with Crippen molar-refractivity contribution >= 4 is 21.0 Å². The van der Waals surface area contributed by atoms with Gasteiger partial charge in [0.05, 0.1) is 4.90 Å². The first-order valence-corrected chi connectivity index (χ1v) is 7.26. The highest BCUT2D eigenvalue weighted by molar-refractivity contribution is 7.89. The number of hydrogen-bond donors (Lipinski definition) is 2. The third kappa shape index (κ3) is 2.40. The van der Waals surface area contributed by atoms with Crippen molar-refractivity contribution in [3.63, 3.8) is 0 Å². The highest BCUT2D eigenvalue weighted by Gasteiger charge is 2.37. The Hall–Kier alpha value is -1.70. The first-order chi connectivity index (χ1) is 8.95. The third-order valence-electron chi connectivity index (χ3n) is 3.05. The normalized spacial score (nSPS) is 22.6. The van der Waals surface area contributed by atoms with E-state index in [1.807, 2.05) is 0 Å². The quantitative estimate of drug-likeness (QED) is 0.780. The Kier molecular flexibility index (Phi) is 2.70. The summed E-state index contributed by atoms with van der Waals surface area (Å²) < 4.78 is 31.6. The van der Waals surface area contributed by atoms with Crippen LogP contribution in [0, 0.1) is 0 Å². The van der Waals surface area contributed by atoms with Gasteiger partial charge in [-0.25, -0.2) is 17.9 Å². The zero-order valence-corrected chi connectivity index (χ0v) is 10.7. The molecular formula is C12H12N2O4S. The number of rotatable bonds is 3. The molecule has 3 rings (SSSR count). The van der Waals surface area contributed by atoms with E-state index in [1.54, 1.807) is 0 Å². The van der Waals surface area contributed by atoms with Crippen LogP contribution >= 0.6 is 0 Å². The lowest BCUT2D eigenvalue weighted by Crippen LogP contribution is -2.29. The van der Waals surface area contributed by atoms with Crippen molar-refractivity contribution in [3.8, 4) is 0 Å². The van der Waals surface area contributed by atoms with E-state index in [0.717, 1.165) is 0 Å². The first-order valence-electron chi connectivity index (χ1n) is 5.77. The van der Waals surface area contributed by atoms with Crippen molar-refractivity contribution in [2.24, 2.45) is 5.73 Å². The average Bonchev–Trinajstić information content (AvgIpc) is 3.03. The summed E-state index contributed by atoms with van der Waals surface area (Å²) >= 11 is 0. The van der Waals surface area contributed by atoms with Gasteiger partial charge in [0.25, 0.3) is 0 Å². The van der Waals surface area contributed by atoms with Crippen LogP contribution < -0.4 is 16.1 Å². The fourth-order valence-corrected chi connectivity index (χ4v) is 3.17. The summed E-state index contributed by atoms with van der Waals surface area (Å²) in [4.78, 5) is 11.2. The third-order valence-corrected chi connectivity index (χ3v) is 4.53. The van der Waals surface area contributed by atoms with Gasteiger partial charge in [-0.15, -0.1) is 0 Å². The van der Waals surface area contributed by atoms with Gasteiger partial charge in [0, 0.05) is 23.5 Å². The molecule has 0 radical (unpaired) electrons. The van der Waals surface area contributed by atoms with Gasteiger partial charge >= 0.3 is 5.63 Å². The number of nitrogens with one attached hydrogen (secondary N) is 1. The number of hydrogen-bond acceptors (Lipinski definition) is 5. The lowest BCUT2D eigenvalue weighted by atomic mass is 10.2. The van der Waals surface area contributed by atoms with Gasteiger partial charge in [-0.1, -0.05) is 0 Å². The van der Waals surface area contributed by atoms with Crippen LogP contribution in [0.3, 0.4) is 0 Å². The lowest BCUT2D eigenvalue weighted by Gasteiger charge is -2.06. The predicted octanol–water partition coefficient (Wildman–Crippen LogP) is 0.171. The number of benzene rings is 1. The van der Waals surface area contributed by atoms with E-state index in [-0.39, 0.29) is 17.0 Å². The molecule has 1 aromatic heterocycles. The molecule has 0 amide bonds. The second kappa shape index (κ2) is 4.16. The maximum absolute atomic E-state index is 12.1. The Morgan fingerprint density at radius 1 is 1.26 bits per heavy atom. The molecule has 2 aromatic rings. The van der Waals surface area contributed by atoms with Gasteiger partial charge in [-0.2, -0.15) is 0 Å². The van der Waals surface area contributed by atoms with Crippen LogP contribution in [0.5, 0.6) is 0 Å². The van der Waals surface area contributed by atoms with Crippen molar-refractivity contribution in [3.05, 3.63) is 40.8 Å². The molecule has 1 aliphatic carbocycles. The Labute approximate surface area is 109 Å². The summed E-state index contributed by atoms with van der Waals surface area (Å²) in [5.41, 5.74) is 5.47. The van der Waals surface area contributed by atoms with E-state index < -0.39 is 15.6 Å². The molecule has 0 saturated heterocycles. The summed E-state index contributed by atoms with van der Waals surface area (Å²) in [5, 5.41) is 0.558. The SMILES string of the molecule is NC1CC1NS(=O)(=O)c1ccc2oc(=O)ccc2c1. The maximum atomic E-state index is 12.1. The zero-order chi connectivity index (χ0) is 13.6. The summed E-state index contributed by atoms with van der Waals surface area (Å²) in [5.74, 6) is 0. The standard InChI is InChI=1S/C12H12N2O4S/c13-9-6-10(9)14-19(16,17)8-2-3-11-7(5-8)1-4-12(15)18-11/h1-5,9-10,14H,6,13H2. The number of nitrogens with two attached hydrogens (primary N) is 1. The van der Waals surface area contributed by atoms with E-state index in [0.29, 0.717) is 17.4 Å². The molecule has 1 heterocycles. The van der Waals surface area contributed by atoms with Crippen molar-refractivity contribution in [1.29, 1.82) is 0 Å². The van der Waals surface area contributed by atoms with Crippen LogP contribution in [0.1, 0.15) is 6.42 Å². The molecule has 19 heavy (non-hydrogen) atoms. The Balaban J connectivity index is 2.00. The average molecular weight is 280 g/mol. The highest BCUT2D eigenvalue weighted by Crippen LogP contribution is 2.23. The second-order valence-corrected chi connectivity index (χ2v) is 6.30. The van der Waals surface area contributed by atoms with E-state index in [4.69, 9.17) is 10.2 Å². The summed E-state index contributed by atoms with van der Waals surface area (Å²) in [7, 11) is -3.58. The summed E-state index contributed by atoms with van der Waals surface area (Å²) in [6.07, 6.45) is 0.654. The topological polar surface area (TPSA) is 102 Å². The van der Waals surface area contributed by atoms with Gasteiger partial charge in [0.15, 0.2) is 0 Å². The summed E-state index contributed by atoms with van der Waals surface area (Å²) in [6.45, 7) is 0. The Morgan fingerprint density at radius 2 is 2.00 bits per heavy atom. The monoisotopic (exact) mass is 280 g/mol. The van der Waals surface area contributed by atoms with Gasteiger partial charge in [0.1, 0.15) is 5.58 Å². The molecule has 0 aliphatic heterocycles. The van der Waals surface area contributed by atoms with E-state index in [2.05, 4.69) is 4.72 Å². The van der Waals surface area contributed by atoms with Crippen LogP contribution in [-0.2, 0) is 10.0 Å². The van der Waals surface area contributed by atoms with E-state index in [9.17, 15) is 13.2 Å². The zero-order valence-electron chi connectivity index (χ0n) is 9.87. The molecule has 1 aromatic carbocycles. The minimum absolute atomic E-state index is 0.103. The van der Waals surface area contributed by atoms with Crippen molar-refractivity contribution in [2.75, 3.05) is 0 Å². The molecule has 6 nitrogen and oxygen atoms in total. The molecule has 3 N–H and O–H groups in total.